The van der Waals surface area contributed by atoms with Crippen molar-refractivity contribution >= 4 is 33.3 Å². The van der Waals surface area contributed by atoms with Gasteiger partial charge in [-0.3, -0.25) is 9.52 Å². The van der Waals surface area contributed by atoms with Gasteiger partial charge < -0.3 is 10.1 Å². The van der Waals surface area contributed by atoms with Crippen LogP contribution < -0.4 is 10.0 Å². The largest absolute Gasteiger partial charge is 0.465 e. The Hall–Kier alpha value is -3.65. The highest BCUT2D eigenvalue weighted by Gasteiger charge is 2.19. The molecule has 0 unspecified atom stereocenters. The minimum Gasteiger partial charge on any atom is -0.465 e. The van der Waals surface area contributed by atoms with Gasteiger partial charge in [-0.15, -0.1) is 0 Å². The lowest BCUT2D eigenvalue weighted by Crippen LogP contribution is -2.18. The summed E-state index contributed by atoms with van der Waals surface area (Å²) in [5.41, 5.74) is 1.13. The summed E-state index contributed by atoms with van der Waals surface area (Å²) in [5.74, 6) is -1.01. The van der Waals surface area contributed by atoms with E-state index in [4.69, 9.17) is 0 Å². The third-order valence-corrected chi connectivity index (χ3v) is 5.41. The summed E-state index contributed by atoms with van der Waals surface area (Å²) in [6, 6.07) is 20.4. The van der Waals surface area contributed by atoms with Gasteiger partial charge in [0.25, 0.3) is 15.9 Å². The fourth-order valence-electron chi connectivity index (χ4n) is 2.58. The second-order valence-electron chi connectivity index (χ2n) is 5.99. The minimum absolute atomic E-state index is 0.0524. The van der Waals surface area contributed by atoms with Crippen LogP contribution in [0.15, 0.2) is 83.8 Å². The van der Waals surface area contributed by atoms with Gasteiger partial charge in [0, 0.05) is 5.69 Å². The maximum Gasteiger partial charge on any atom is 0.337 e. The van der Waals surface area contributed by atoms with Crippen LogP contribution in [0.2, 0.25) is 0 Å². The van der Waals surface area contributed by atoms with E-state index in [0.29, 0.717) is 5.69 Å². The molecule has 7 nitrogen and oxygen atoms in total. The number of sulfonamides is 1. The van der Waals surface area contributed by atoms with Gasteiger partial charge in [-0.05, 0) is 48.5 Å². The summed E-state index contributed by atoms with van der Waals surface area (Å²) in [6.07, 6.45) is 0. The number of hydrogen-bond acceptors (Lipinski definition) is 5. The van der Waals surface area contributed by atoms with E-state index in [1.165, 1.54) is 43.5 Å². The van der Waals surface area contributed by atoms with E-state index in [2.05, 4.69) is 14.8 Å². The van der Waals surface area contributed by atoms with Gasteiger partial charge in [0.1, 0.15) is 0 Å². The zero-order valence-corrected chi connectivity index (χ0v) is 16.3. The van der Waals surface area contributed by atoms with Crippen LogP contribution in [0.1, 0.15) is 20.7 Å². The number of esters is 1. The first-order valence-corrected chi connectivity index (χ1v) is 10.1. The first-order valence-electron chi connectivity index (χ1n) is 8.57. The molecule has 0 atom stereocenters. The Kier molecular flexibility index (Phi) is 5.94. The number of methoxy groups -OCH3 is 1. The zero-order chi connectivity index (χ0) is 20.9. The van der Waals surface area contributed by atoms with Crippen molar-refractivity contribution in [3.05, 3.63) is 90.0 Å². The molecule has 2 N–H and O–H groups in total. The van der Waals surface area contributed by atoms with Crippen molar-refractivity contribution in [1.82, 2.24) is 0 Å². The number of carbonyl (C=O) groups is 2. The second kappa shape index (κ2) is 8.57. The van der Waals surface area contributed by atoms with Crippen LogP contribution >= 0.6 is 0 Å². The number of anilines is 2. The topological polar surface area (TPSA) is 102 Å². The normalized spacial score (nSPS) is 10.8. The van der Waals surface area contributed by atoms with E-state index in [-0.39, 0.29) is 21.7 Å². The molecular formula is C21H18N2O5S. The third kappa shape index (κ3) is 4.80. The fourth-order valence-corrected chi connectivity index (χ4v) is 3.66. The van der Waals surface area contributed by atoms with Crippen LogP contribution in [0.5, 0.6) is 0 Å². The number of hydrogen-bond donors (Lipinski definition) is 2. The number of amides is 1. The lowest BCUT2D eigenvalue weighted by Gasteiger charge is -2.13. The molecule has 0 aromatic heterocycles. The van der Waals surface area contributed by atoms with Gasteiger partial charge in [0.2, 0.25) is 0 Å². The molecule has 0 aliphatic carbocycles. The van der Waals surface area contributed by atoms with Gasteiger partial charge in [-0.25, -0.2) is 13.2 Å². The highest BCUT2D eigenvalue weighted by Crippen LogP contribution is 2.22. The summed E-state index contributed by atoms with van der Waals surface area (Å²) in [4.78, 5) is 24.1. The van der Waals surface area contributed by atoms with E-state index >= 15 is 0 Å². The van der Waals surface area contributed by atoms with E-state index < -0.39 is 21.9 Å². The van der Waals surface area contributed by atoms with E-state index in [0.717, 1.165) is 0 Å². The Labute approximate surface area is 168 Å². The summed E-state index contributed by atoms with van der Waals surface area (Å²) < 4.78 is 32.5. The number of para-hydroxylation sites is 2. The molecule has 0 aliphatic rings. The molecule has 0 saturated carbocycles. The lowest BCUT2D eigenvalue weighted by atomic mass is 10.1. The van der Waals surface area contributed by atoms with Crippen LogP contribution in [0.4, 0.5) is 11.4 Å². The Bertz CT molecular complexity index is 1130. The average Bonchev–Trinajstić information content (AvgIpc) is 2.74. The second-order valence-corrected chi connectivity index (χ2v) is 7.67. The molecule has 3 aromatic rings. The average molecular weight is 410 g/mol. The molecule has 0 fully saturated rings. The van der Waals surface area contributed by atoms with Gasteiger partial charge in [0.15, 0.2) is 0 Å². The fraction of sp³-hybridized carbons (Fsp3) is 0.0476. The Morgan fingerprint density at radius 3 is 2.10 bits per heavy atom. The molecule has 0 bridgehead atoms. The van der Waals surface area contributed by atoms with Crippen molar-refractivity contribution in [2.75, 3.05) is 17.1 Å². The minimum atomic E-state index is -3.97. The van der Waals surface area contributed by atoms with Crippen LogP contribution in [0.25, 0.3) is 0 Å². The predicted octanol–water partition coefficient (Wildman–Crippen LogP) is 3.53. The molecule has 1 amide bonds. The SMILES string of the molecule is COC(=O)c1ccc(S(=O)(=O)Nc2ccccc2C(=O)Nc2ccccc2)cc1. The van der Waals surface area contributed by atoms with Crippen LogP contribution in [-0.4, -0.2) is 27.4 Å². The molecule has 0 aliphatic heterocycles. The molecule has 0 saturated heterocycles. The standard InChI is InChI=1S/C21H18N2O5S/c1-28-21(25)15-11-13-17(14-12-15)29(26,27)23-19-10-6-5-9-18(19)20(24)22-16-7-3-2-4-8-16/h2-14,23H,1H3,(H,22,24). The third-order valence-electron chi connectivity index (χ3n) is 4.03. The smallest absolute Gasteiger partial charge is 0.337 e. The monoisotopic (exact) mass is 410 g/mol. The molecular weight excluding hydrogens is 392 g/mol. The number of benzene rings is 3. The number of nitrogens with one attached hydrogen (secondary N) is 2. The van der Waals surface area contributed by atoms with Crippen molar-refractivity contribution in [1.29, 1.82) is 0 Å². The van der Waals surface area contributed by atoms with Gasteiger partial charge in [0.05, 0.1) is 28.8 Å². The summed E-state index contributed by atoms with van der Waals surface area (Å²) in [7, 11) is -2.73. The Balaban J connectivity index is 1.84. The molecule has 8 heteroatoms. The van der Waals surface area contributed by atoms with Crippen molar-refractivity contribution in [2.24, 2.45) is 0 Å². The molecule has 3 rings (SSSR count). The maximum absolute atomic E-state index is 12.7. The molecule has 0 radical (unpaired) electrons. The first kappa shape index (κ1) is 20.1. The Morgan fingerprint density at radius 1 is 0.828 bits per heavy atom. The first-order chi connectivity index (χ1) is 13.9. The Morgan fingerprint density at radius 2 is 1.45 bits per heavy atom. The van der Waals surface area contributed by atoms with E-state index in [1.807, 2.05) is 6.07 Å². The predicted molar refractivity (Wildman–Crippen MR) is 109 cm³/mol. The molecule has 148 valence electrons. The van der Waals surface area contributed by atoms with Crippen LogP contribution in [0, 0.1) is 0 Å². The number of rotatable bonds is 6. The molecule has 3 aromatic carbocycles. The maximum atomic E-state index is 12.7. The zero-order valence-electron chi connectivity index (χ0n) is 15.5. The molecule has 0 spiro atoms. The molecule has 0 heterocycles. The van der Waals surface area contributed by atoms with E-state index in [9.17, 15) is 18.0 Å². The summed E-state index contributed by atoms with van der Waals surface area (Å²) in [5, 5.41) is 2.73. The van der Waals surface area contributed by atoms with E-state index in [1.54, 1.807) is 36.4 Å². The highest BCUT2D eigenvalue weighted by atomic mass is 32.2. The van der Waals surface area contributed by atoms with Crippen molar-refractivity contribution in [3.8, 4) is 0 Å². The van der Waals surface area contributed by atoms with Gasteiger partial charge >= 0.3 is 5.97 Å². The van der Waals surface area contributed by atoms with Crippen molar-refractivity contribution < 1.29 is 22.7 Å². The molecule has 29 heavy (non-hydrogen) atoms. The number of ether oxygens (including phenoxy) is 1. The summed E-state index contributed by atoms with van der Waals surface area (Å²) >= 11 is 0. The lowest BCUT2D eigenvalue weighted by molar-refractivity contribution is 0.0600. The number of carbonyl (C=O) groups excluding carboxylic acids is 2. The van der Waals surface area contributed by atoms with Crippen molar-refractivity contribution in [3.63, 3.8) is 0 Å². The highest BCUT2D eigenvalue weighted by molar-refractivity contribution is 7.92. The summed E-state index contributed by atoms with van der Waals surface area (Å²) in [6.45, 7) is 0. The quantitative estimate of drug-likeness (QED) is 0.606. The van der Waals surface area contributed by atoms with Crippen LogP contribution in [0.3, 0.4) is 0 Å². The van der Waals surface area contributed by atoms with Gasteiger partial charge in [-0.1, -0.05) is 30.3 Å². The van der Waals surface area contributed by atoms with Crippen LogP contribution in [-0.2, 0) is 14.8 Å². The van der Waals surface area contributed by atoms with Crippen molar-refractivity contribution in [2.45, 2.75) is 4.90 Å². The van der Waals surface area contributed by atoms with Gasteiger partial charge in [-0.2, -0.15) is 0 Å².